The number of rotatable bonds is 10. The molecule has 5 heterocycles. The fourth-order valence-corrected chi connectivity index (χ4v) is 6.19. The molecule has 0 saturated carbocycles. The largest absolute Gasteiger partial charge is 0.494 e. The number of nitrogens with one attached hydrogen (secondary N) is 2. The molecule has 5 aromatic rings. The molecule has 2 aromatic carbocycles. The van der Waals surface area contributed by atoms with Crippen molar-refractivity contribution >= 4 is 46.4 Å². The fourth-order valence-electron chi connectivity index (χ4n) is 6.19. The molecule has 2 aliphatic rings. The van der Waals surface area contributed by atoms with Gasteiger partial charge < -0.3 is 14.7 Å². The molecule has 0 amide bonds. The predicted octanol–water partition coefficient (Wildman–Crippen LogP) is 11.0. The number of hydrogen-bond donors (Lipinski definition) is 2. The number of fused-ring (bicyclic) bond motifs is 8. The van der Waals surface area contributed by atoms with Gasteiger partial charge in [0.15, 0.2) is 0 Å². The maximum Gasteiger partial charge on any atom is 0.119 e. The van der Waals surface area contributed by atoms with E-state index >= 15 is 0 Å². The van der Waals surface area contributed by atoms with Gasteiger partial charge >= 0.3 is 0 Å². The second kappa shape index (κ2) is 13.5. The number of hydrogen-bond acceptors (Lipinski definition) is 3. The van der Waals surface area contributed by atoms with E-state index < -0.39 is 0 Å². The van der Waals surface area contributed by atoms with Crippen molar-refractivity contribution in [3.8, 4) is 28.0 Å². The first-order chi connectivity index (χ1) is 22.6. The van der Waals surface area contributed by atoms with Crippen molar-refractivity contribution in [2.45, 2.75) is 52.4 Å². The summed E-state index contributed by atoms with van der Waals surface area (Å²) in [4.78, 5) is 17.4. The van der Waals surface area contributed by atoms with Crippen molar-refractivity contribution in [3.05, 3.63) is 113 Å². The van der Waals surface area contributed by atoms with Crippen LogP contribution in [0.2, 0.25) is 0 Å². The van der Waals surface area contributed by atoms with Crippen LogP contribution in [0.1, 0.15) is 73.8 Å². The van der Waals surface area contributed by atoms with E-state index in [9.17, 15) is 0 Å². The number of aryl methyl sites for hydroxylation is 1. The molecule has 46 heavy (non-hydrogen) atoms. The molecule has 0 unspecified atom stereocenters. The number of unbranched alkanes of at least 4 members (excludes halogenated alkanes) is 5. The Morgan fingerprint density at radius 1 is 0.565 bits per heavy atom. The maximum atomic E-state index is 6.08. The second-order valence-corrected chi connectivity index (χ2v) is 12.2. The lowest BCUT2D eigenvalue weighted by Gasteiger charge is -2.08. The van der Waals surface area contributed by atoms with Crippen LogP contribution >= 0.6 is 0 Å². The maximum absolute atomic E-state index is 6.08. The highest BCUT2D eigenvalue weighted by molar-refractivity contribution is 5.93. The normalized spacial score (nSPS) is 12.1. The van der Waals surface area contributed by atoms with E-state index in [0.717, 1.165) is 85.9 Å². The molecule has 5 heteroatoms. The van der Waals surface area contributed by atoms with Gasteiger partial charge in [0.25, 0.3) is 0 Å². The van der Waals surface area contributed by atoms with E-state index in [1.807, 2.05) is 0 Å². The third-order valence-corrected chi connectivity index (χ3v) is 8.65. The third-order valence-electron chi connectivity index (χ3n) is 8.65. The Bertz CT molecular complexity index is 2060. The van der Waals surface area contributed by atoms with Crippen molar-refractivity contribution in [2.24, 2.45) is 0 Å². The minimum Gasteiger partial charge on any atom is -0.494 e. The smallest absolute Gasteiger partial charge is 0.119 e. The van der Waals surface area contributed by atoms with Crippen LogP contribution in [0, 0.1) is 6.92 Å². The van der Waals surface area contributed by atoms with E-state index in [0.29, 0.717) is 0 Å². The van der Waals surface area contributed by atoms with Gasteiger partial charge in [-0.15, -0.1) is 0 Å². The first-order valence-corrected chi connectivity index (χ1v) is 16.5. The Balaban J connectivity index is 1.29. The lowest BCUT2D eigenvalue weighted by atomic mass is 10.0. The standard InChI is InChI=1S/C41H40N4O/c1-3-4-5-6-7-8-25-46-35-19-13-30(14-20-35)41-38-23-17-33(44-38)26-31-15-21-36(42-31)40(29-11-9-28(2)10-12-29)37-22-16-32(43-37)27-34-18-24-39(41)45-34/h9-24,26-27,42,45H,3-8,25H2,1-2H3. The lowest BCUT2D eigenvalue weighted by Crippen LogP contribution is -1.97. The van der Waals surface area contributed by atoms with Crippen LogP contribution in [0.3, 0.4) is 0 Å². The van der Waals surface area contributed by atoms with Gasteiger partial charge in [-0.05, 0) is 97.3 Å². The first-order valence-electron chi connectivity index (χ1n) is 16.5. The first kappa shape index (κ1) is 29.5. The van der Waals surface area contributed by atoms with Gasteiger partial charge in [-0.25, -0.2) is 9.97 Å². The summed E-state index contributed by atoms with van der Waals surface area (Å²) < 4.78 is 6.08. The Hall–Kier alpha value is -5.16. The second-order valence-electron chi connectivity index (χ2n) is 12.2. The van der Waals surface area contributed by atoms with Crippen LogP contribution < -0.4 is 4.74 Å². The molecule has 0 spiro atoms. The van der Waals surface area contributed by atoms with Crippen LogP contribution in [-0.2, 0) is 0 Å². The SMILES string of the molecule is CCCCCCCCOc1ccc(-c2c3nc(cc4ccc([nH]4)c(-c4ccc(C)cc4)c4nc(cc5ccc2[nH]5)C=C4)C=C3)cc1. The molecule has 2 aliphatic heterocycles. The van der Waals surface area contributed by atoms with Crippen LogP contribution in [0.25, 0.3) is 68.6 Å². The molecule has 0 saturated heterocycles. The van der Waals surface area contributed by atoms with Gasteiger partial charge in [0, 0.05) is 33.2 Å². The summed E-state index contributed by atoms with van der Waals surface area (Å²) in [5.41, 5.74) is 13.2. The monoisotopic (exact) mass is 604 g/mol. The van der Waals surface area contributed by atoms with Crippen molar-refractivity contribution in [1.82, 2.24) is 19.9 Å². The molecule has 0 fully saturated rings. The molecule has 7 rings (SSSR count). The van der Waals surface area contributed by atoms with Crippen LogP contribution in [0.4, 0.5) is 0 Å². The van der Waals surface area contributed by atoms with Gasteiger partial charge in [0.05, 0.1) is 29.4 Å². The lowest BCUT2D eigenvalue weighted by molar-refractivity contribution is 0.304. The fraction of sp³-hybridized carbons (Fsp3) is 0.220. The number of aromatic nitrogens is 4. The number of H-pyrrole nitrogens is 2. The van der Waals surface area contributed by atoms with Crippen LogP contribution in [0.5, 0.6) is 5.75 Å². The number of ether oxygens (including phenoxy) is 1. The molecular formula is C41H40N4O. The summed E-state index contributed by atoms with van der Waals surface area (Å²) in [5, 5.41) is 0. The number of benzene rings is 2. The van der Waals surface area contributed by atoms with E-state index in [1.54, 1.807) is 0 Å². The van der Waals surface area contributed by atoms with Gasteiger partial charge in [0.2, 0.25) is 0 Å². The van der Waals surface area contributed by atoms with Crippen molar-refractivity contribution in [3.63, 3.8) is 0 Å². The summed E-state index contributed by atoms with van der Waals surface area (Å²) >= 11 is 0. The third kappa shape index (κ3) is 6.59. The molecule has 230 valence electrons. The highest BCUT2D eigenvalue weighted by Crippen LogP contribution is 2.33. The Labute approximate surface area is 270 Å². The highest BCUT2D eigenvalue weighted by Gasteiger charge is 2.13. The Morgan fingerprint density at radius 2 is 1.09 bits per heavy atom. The van der Waals surface area contributed by atoms with Crippen LogP contribution in [-0.4, -0.2) is 26.5 Å². The molecule has 0 atom stereocenters. The van der Waals surface area contributed by atoms with Crippen LogP contribution in [0.15, 0.2) is 84.9 Å². The van der Waals surface area contributed by atoms with Gasteiger partial charge in [-0.2, -0.15) is 0 Å². The number of aromatic amines is 2. The summed E-state index contributed by atoms with van der Waals surface area (Å²) in [6, 6.07) is 29.7. The molecule has 8 bridgehead atoms. The van der Waals surface area contributed by atoms with E-state index in [-0.39, 0.29) is 0 Å². The van der Waals surface area contributed by atoms with E-state index in [1.165, 1.54) is 37.7 Å². The average Bonchev–Trinajstić information content (AvgIpc) is 3.89. The van der Waals surface area contributed by atoms with Crippen molar-refractivity contribution in [1.29, 1.82) is 0 Å². The van der Waals surface area contributed by atoms with Gasteiger partial charge in [-0.1, -0.05) is 81.0 Å². The van der Waals surface area contributed by atoms with Crippen molar-refractivity contribution in [2.75, 3.05) is 6.61 Å². The van der Waals surface area contributed by atoms with E-state index in [4.69, 9.17) is 14.7 Å². The van der Waals surface area contributed by atoms with Gasteiger partial charge in [-0.3, -0.25) is 0 Å². The average molecular weight is 605 g/mol. The zero-order chi connectivity index (χ0) is 31.3. The molecule has 0 aliphatic carbocycles. The van der Waals surface area contributed by atoms with Crippen molar-refractivity contribution < 1.29 is 4.74 Å². The summed E-state index contributed by atoms with van der Waals surface area (Å²) in [6.45, 7) is 5.12. The predicted molar refractivity (Wildman–Crippen MR) is 193 cm³/mol. The Morgan fingerprint density at radius 3 is 1.65 bits per heavy atom. The minimum atomic E-state index is 0.754. The molecular weight excluding hydrogens is 564 g/mol. The topological polar surface area (TPSA) is 66.6 Å². The Kier molecular flexibility index (Phi) is 8.64. The summed E-state index contributed by atoms with van der Waals surface area (Å²) in [6.07, 6.45) is 15.9. The van der Waals surface area contributed by atoms with E-state index in [2.05, 4.69) is 133 Å². The minimum absolute atomic E-state index is 0.754. The summed E-state index contributed by atoms with van der Waals surface area (Å²) in [5.74, 6) is 0.901. The molecule has 5 nitrogen and oxygen atoms in total. The van der Waals surface area contributed by atoms with Gasteiger partial charge in [0.1, 0.15) is 5.75 Å². The summed E-state index contributed by atoms with van der Waals surface area (Å²) in [7, 11) is 0. The molecule has 0 radical (unpaired) electrons. The zero-order valence-electron chi connectivity index (χ0n) is 26.6. The highest BCUT2D eigenvalue weighted by atomic mass is 16.5. The quantitative estimate of drug-likeness (QED) is 0.153. The zero-order valence-corrected chi connectivity index (χ0v) is 26.6. The number of nitrogens with zero attached hydrogens (tertiary/aromatic N) is 2. The molecule has 2 N–H and O–H groups in total. The molecule has 3 aromatic heterocycles.